The summed E-state index contributed by atoms with van der Waals surface area (Å²) in [6.07, 6.45) is 1.50. The zero-order chi connectivity index (χ0) is 24.5. The number of hydrogen-bond donors (Lipinski definition) is 4. The van der Waals surface area contributed by atoms with E-state index in [2.05, 4.69) is 26.3 Å². The normalized spacial score (nSPS) is 10.4. The van der Waals surface area contributed by atoms with Crippen LogP contribution in [0.3, 0.4) is 0 Å². The number of benzene rings is 2. The Morgan fingerprint density at radius 3 is 2.38 bits per heavy atom. The summed E-state index contributed by atoms with van der Waals surface area (Å²) in [6, 6.07) is 16.8. The largest absolute Gasteiger partial charge is 0.457 e. The Hall–Kier alpha value is -4.40. The van der Waals surface area contributed by atoms with Crippen molar-refractivity contribution >= 4 is 23.5 Å². The Labute approximate surface area is 197 Å². The van der Waals surface area contributed by atoms with Crippen LogP contribution in [0.4, 0.5) is 10.5 Å². The average molecular weight is 462 g/mol. The molecule has 3 aromatic rings. The summed E-state index contributed by atoms with van der Waals surface area (Å²) in [5.41, 5.74) is 1.93. The quantitative estimate of drug-likeness (QED) is 0.408. The SMILES string of the molecule is CNC(=O)c1cc(Oc2ccc(CNC(=O)Nc3ccccc3C(=O)NC(C)C)cc2)ccn1. The number of urea groups is 1. The molecule has 4 N–H and O–H groups in total. The second-order valence-electron chi connectivity index (χ2n) is 7.68. The first-order valence-corrected chi connectivity index (χ1v) is 10.8. The zero-order valence-corrected chi connectivity index (χ0v) is 19.2. The van der Waals surface area contributed by atoms with E-state index in [-0.39, 0.29) is 30.1 Å². The van der Waals surface area contributed by atoms with Crippen molar-refractivity contribution < 1.29 is 19.1 Å². The van der Waals surface area contributed by atoms with E-state index < -0.39 is 6.03 Å². The van der Waals surface area contributed by atoms with Crippen LogP contribution in [0.1, 0.15) is 40.3 Å². The van der Waals surface area contributed by atoms with Crippen LogP contribution < -0.4 is 26.0 Å². The predicted molar refractivity (Wildman–Crippen MR) is 129 cm³/mol. The number of amides is 4. The smallest absolute Gasteiger partial charge is 0.319 e. The Balaban J connectivity index is 1.56. The fourth-order valence-corrected chi connectivity index (χ4v) is 3.02. The maximum absolute atomic E-state index is 12.4. The fourth-order valence-electron chi connectivity index (χ4n) is 3.02. The van der Waals surface area contributed by atoms with E-state index in [0.29, 0.717) is 22.7 Å². The van der Waals surface area contributed by atoms with Crippen molar-refractivity contribution in [3.05, 3.63) is 83.7 Å². The first kappa shape index (κ1) is 24.2. The number of para-hydroxylation sites is 1. The summed E-state index contributed by atoms with van der Waals surface area (Å²) in [5.74, 6) is 0.512. The summed E-state index contributed by atoms with van der Waals surface area (Å²) in [7, 11) is 1.53. The number of pyridine rings is 1. The molecule has 0 saturated carbocycles. The van der Waals surface area contributed by atoms with Gasteiger partial charge in [0.15, 0.2) is 0 Å². The fraction of sp³-hybridized carbons (Fsp3) is 0.200. The third kappa shape index (κ3) is 6.80. The number of carbonyl (C=O) groups is 3. The van der Waals surface area contributed by atoms with Gasteiger partial charge in [0.05, 0.1) is 11.3 Å². The van der Waals surface area contributed by atoms with Gasteiger partial charge in [0.2, 0.25) is 0 Å². The molecular weight excluding hydrogens is 434 g/mol. The van der Waals surface area contributed by atoms with Gasteiger partial charge in [0, 0.05) is 31.9 Å². The van der Waals surface area contributed by atoms with Crippen molar-refractivity contribution in [2.24, 2.45) is 0 Å². The van der Waals surface area contributed by atoms with Crippen molar-refractivity contribution in [3.63, 3.8) is 0 Å². The van der Waals surface area contributed by atoms with E-state index in [1.165, 1.54) is 13.2 Å². The third-order valence-corrected chi connectivity index (χ3v) is 4.64. The molecule has 0 bridgehead atoms. The summed E-state index contributed by atoms with van der Waals surface area (Å²) in [6.45, 7) is 4.02. The molecule has 176 valence electrons. The first-order valence-electron chi connectivity index (χ1n) is 10.8. The van der Waals surface area contributed by atoms with Crippen LogP contribution in [0.15, 0.2) is 66.9 Å². The van der Waals surface area contributed by atoms with E-state index in [1.807, 2.05) is 26.0 Å². The third-order valence-electron chi connectivity index (χ3n) is 4.64. The molecule has 3 rings (SSSR count). The summed E-state index contributed by atoms with van der Waals surface area (Å²) < 4.78 is 5.78. The number of anilines is 1. The van der Waals surface area contributed by atoms with Crippen molar-refractivity contribution in [1.82, 2.24) is 20.9 Å². The van der Waals surface area contributed by atoms with Gasteiger partial charge in [-0.25, -0.2) is 4.79 Å². The topological polar surface area (TPSA) is 121 Å². The minimum atomic E-state index is -0.427. The lowest BCUT2D eigenvalue weighted by atomic mass is 10.1. The van der Waals surface area contributed by atoms with Gasteiger partial charge in [0.25, 0.3) is 11.8 Å². The average Bonchev–Trinajstić information content (AvgIpc) is 2.83. The molecule has 0 saturated heterocycles. The summed E-state index contributed by atoms with van der Waals surface area (Å²) in [4.78, 5) is 40.4. The number of nitrogens with zero attached hydrogens (tertiary/aromatic N) is 1. The lowest BCUT2D eigenvalue weighted by Crippen LogP contribution is -2.32. The highest BCUT2D eigenvalue weighted by atomic mass is 16.5. The molecule has 4 amide bonds. The summed E-state index contributed by atoms with van der Waals surface area (Å²) >= 11 is 0. The molecule has 0 spiro atoms. The Morgan fingerprint density at radius 2 is 1.68 bits per heavy atom. The maximum Gasteiger partial charge on any atom is 0.319 e. The molecule has 0 unspecified atom stereocenters. The van der Waals surface area contributed by atoms with Gasteiger partial charge in [-0.15, -0.1) is 0 Å². The van der Waals surface area contributed by atoms with Gasteiger partial charge in [-0.1, -0.05) is 24.3 Å². The highest BCUT2D eigenvalue weighted by Gasteiger charge is 2.13. The van der Waals surface area contributed by atoms with Crippen molar-refractivity contribution in [1.29, 1.82) is 0 Å². The van der Waals surface area contributed by atoms with E-state index in [1.54, 1.807) is 48.5 Å². The van der Waals surface area contributed by atoms with Crippen molar-refractivity contribution in [3.8, 4) is 11.5 Å². The first-order chi connectivity index (χ1) is 16.4. The monoisotopic (exact) mass is 461 g/mol. The predicted octanol–water partition coefficient (Wildman–Crippen LogP) is 3.69. The highest BCUT2D eigenvalue weighted by Crippen LogP contribution is 2.22. The van der Waals surface area contributed by atoms with Crippen LogP contribution >= 0.6 is 0 Å². The molecule has 34 heavy (non-hydrogen) atoms. The number of carbonyl (C=O) groups excluding carboxylic acids is 3. The van der Waals surface area contributed by atoms with Crippen LogP contribution in [0, 0.1) is 0 Å². The van der Waals surface area contributed by atoms with Gasteiger partial charge < -0.3 is 26.0 Å². The molecule has 0 aliphatic heterocycles. The minimum absolute atomic E-state index is 0.0159. The molecule has 0 aliphatic rings. The maximum atomic E-state index is 12.4. The van der Waals surface area contributed by atoms with Crippen LogP contribution in [0.25, 0.3) is 0 Å². The van der Waals surface area contributed by atoms with Gasteiger partial charge in [-0.3, -0.25) is 14.6 Å². The van der Waals surface area contributed by atoms with Crippen molar-refractivity contribution in [2.75, 3.05) is 12.4 Å². The van der Waals surface area contributed by atoms with E-state index in [9.17, 15) is 14.4 Å². The van der Waals surface area contributed by atoms with Crippen LogP contribution in [0.5, 0.6) is 11.5 Å². The van der Waals surface area contributed by atoms with E-state index >= 15 is 0 Å². The standard InChI is InChI=1S/C25H27N5O4/c1-16(2)29-23(31)20-6-4-5-7-21(20)30-25(33)28-15-17-8-10-18(11-9-17)34-19-12-13-27-22(14-19)24(32)26-3/h4-14,16H,15H2,1-3H3,(H,26,32)(H,29,31)(H2,28,30,33). The lowest BCUT2D eigenvalue weighted by Gasteiger charge is -2.14. The Bertz CT molecular complexity index is 1160. The van der Waals surface area contributed by atoms with Crippen molar-refractivity contribution in [2.45, 2.75) is 26.4 Å². The molecule has 2 aromatic carbocycles. The molecule has 1 aromatic heterocycles. The molecule has 1 heterocycles. The Morgan fingerprint density at radius 1 is 0.941 bits per heavy atom. The van der Waals surface area contributed by atoms with Crippen LogP contribution in [0.2, 0.25) is 0 Å². The van der Waals surface area contributed by atoms with E-state index in [4.69, 9.17) is 4.74 Å². The zero-order valence-electron chi connectivity index (χ0n) is 19.2. The van der Waals surface area contributed by atoms with Crippen LogP contribution in [-0.4, -0.2) is 35.9 Å². The highest BCUT2D eigenvalue weighted by molar-refractivity contribution is 6.03. The van der Waals surface area contributed by atoms with Gasteiger partial charge >= 0.3 is 6.03 Å². The molecule has 0 aliphatic carbocycles. The molecule has 9 nitrogen and oxygen atoms in total. The molecule has 0 radical (unpaired) electrons. The number of nitrogens with one attached hydrogen (secondary N) is 4. The van der Waals surface area contributed by atoms with Gasteiger partial charge in [-0.2, -0.15) is 0 Å². The van der Waals surface area contributed by atoms with Gasteiger partial charge in [0.1, 0.15) is 17.2 Å². The second kappa shape index (κ2) is 11.5. The van der Waals surface area contributed by atoms with E-state index in [0.717, 1.165) is 5.56 Å². The molecule has 0 atom stereocenters. The number of hydrogen-bond acceptors (Lipinski definition) is 5. The molecular formula is C25H27N5O4. The van der Waals surface area contributed by atoms with Gasteiger partial charge in [-0.05, 0) is 49.7 Å². The summed E-state index contributed by atoms with van der Waals surface area (Å²) in [5, 5.41) is 10.8. The second-order valence-corrected chi connectivity index (χ2v) is 7.68. The molecule has 0 fully saturated rings. The van der Waals surface area contributed by atoms with Crippen LogP contribution in [-0.2, 0) is 6.54 Å². The lowest BCUT2D eigenvalue weighted by molar-refractivity contribution is 0.0940. The number of rotatable bonds is 8. The minimum Gasteiger partial charge on any atom is -0.457 e. The molecule has 9 heteroatoms. The number of aromatic nitrogens is 1. The Kier molecular flexibility index (Phi) is 8.17. The number of ether oxygens (including phenoxy) is 1.